The minimum Gasteiger partial charge on any atom is -0.236 e. The maximum Gasteiger partial charge on any atom is 0.179 e. The molecule has 2 aliphatic rings. The van der Waals surface area contributed by atoms with Gasteiger partial charge in [-0.15, -0.1) is 5.11 Å². The van der Waals surface area contributed by atoms with Gasteiger partial charge in [0.2, 0.25) is 0 Å². The Kier molecular flexibility index (Phi) is 1.03. The Morgan fingerprint density at radius 1 is 1.50 bits per heavy atom. The molecule has 0 fully saturated rings. The van der Waals surface area contributed by atoms with Crippen molar-refractivity contribution in [2.45, 2.75) is 6.92 Å². The number of nitrogens with zero attached hydrogens (tertiary/aromatic N) is 3. The zero-order valence-electron chi connectivity index (χ0n) is 5.65. The van der Waals surface area contributed by atoms with E-state index >= 15 is 0 Å². The van der Waals surface area contributed by atoms with Crippen LogP contribution in [0, 0.1) is 5.92 Å². The van der Waals surface area contributed by atoms with Crippen molar-refractivity contribution in [2.24, 2.45) is 21.1 Å². The molecule has 2 rings (SSSR count). The number of hydrogen-bond donors (Lipinski definition) is 0. The lowest BCUT2D eigenvalue weighted by molar-refractivity contribution is 0.890. The van der Waals surface area contributed by atoms with E-state index in [0.717, 1.165) is 11.4 Å². The molecule has 1 unspecified atom stereocenters. The van der Waals surface area contributed by atoms with Gasteiger partial charge in [-0.2, -0.15) is 5.11 Å². The number of fused-ring (bicyclic) bond motifs is 1. The minimum atomic E-state index is 0.419. The summed E-state index contributed by atoms with van der Waals surface area (Å²) in [6, 6.07) is 0. The molecular weight excluding hydrogens is 126 g/mol. The summed E-state index contributed by atoms with van der Waals surface area (Å²) < 4.78 is 0. The molecule has 0 bridgehead atoms. The van der Waals surface area contributed by atoms with Crippen molar-refractivity contribution in [3.63, 3.8) is 0 Å². The van der Waals surface area contributed by atoms with Gasteiger partial charge >= 0.3 is 0 Å². The Morgan fingerprint density at radius 3 is 3.20 bits per heavy atom. The highest BCUT2D eigenvalue weighted by molar-refractivity contribution is 6.01. The van der Waals surface area contributed by atoms with Crippen LogP contribution in [-0.4, -0.2) is 5.84 Å². The molecule has 0 saturated heterocycles. The number of amidine groups is 1. The highest BCUT2D eigenvalue weighted by Crippen LogP contribution is 2.22. The normalized spacial score (nSPS) is 27.9. The van der Waals surface area contributed by atoms with Crippen LogP contribution < -0.4 is 0 Å². The van der Waals surface area contributed by atoms with Crippen LogP contribution in [0.4, 0.5) is 0 Å². The minimum absolute atomic E-state index is 0.419. The number of azo groups is 1. The number of aliphatic imine (C=N–C) groups is 1. The van der Waals surface area contributed by atoms with E-state index < -0.39 is 0 Å². The molecule has 2 aliphatic heterocycles. The van der Waals surface area contributed by atoms with Crippen molar-refractivity contribution in [1.29, 1.82) is 0 Å². The van der Waals surface area contributed by atoms with Gasteiger partial charge in [-0.25, -0.2) is 4.99 Å². The standard InChI is InChI=1S/C7H7N3/c1-5-2-3-8-7-6(5)4-9-10-7/h2-5H,1H3. The number of allylic oxidation sites excluding steroid dienone is 1. The van der Waals surface area contributed by atoms with Crippen LogP contribution in [0.2, 0.25) is 0 Å². The fraction of sp³-hybridized carbons (Fsp3) is 0.286. The summed E-state index contributed by atoms with van der Waals surface area (Å²) in [4.78, 5) is 4.05. The van der Waals surface area contributed by atoms with E-state index in [9.17, 15) is 0 Å². The average molecular weight is 133 g/mol. The zero-order valence-corrected chi connectivity index (χ0v) is 5.65. The van der Waals surface area contributed by atoms with Crippen molar-refractivity contribution in [2.75, 3.05) is 0 Å². The molecule has 0 aromatic rings. The molecule has 50 valence electrons. The lowest BCUT2D eigenvalue weighted by Gasteiger charge is -2.08. The van der Waals surface area contributed by atoms with Gasteiger partial charge in [-0.3, -0.25) is 0 Å². The molecule has 1 atom stereocenters. The van der Waals surface area contributed by atoms with Crippen LogP contribution in [0.15, 0.2) is 39.3 Å². The molecule has 3 heteroatoms. The van der Waals surface area contributed by atoms with Crippen LogP contribution in [0.3, 0.4) is 0 Å². The van der Waals surface area contributed by atoms with E-state index in [1.807, 2.05) is 6.08 Å². The van der Waals surface area contributed by atoms with E-state index in [-0.39, 0.29) is 0 Å². The highest BCUT2D eigenvalue weighted by Gasteiger charge is 2.18. The Morgan fingerprint density at radius 2 is 2.40 bits per heavy atom. The summed E-state index contributed by atoms with van der Waals surface area (Å²) in [5.41, 5.74) is 1.13. The molecule has 0 amide bonds. The molecular formula is C7H7N3. The first kappa shape index (κ1) is 5.53. The first-order valence-electron chi connectivity index (χ1n) is 3.23. The van der Waals surface area contributed by atoms with Gasteiger partial charge in [0.1, 0.15) is 0 Å². The van der Waals surface area contributed by atoms with Crippen LogP contribution in [0.1, 0.15) is 6.92 Å². The summed E-state index contributed by atoms with van der Waals surface area (Å²) in [6.45, 7) is 2.10. The first-order valence-corrected chi connectivity index (χ1v) is 3.23. The third-order valence-corrected chi connectivity index (χ3v) is 1.67. The van der Waals surface area contributed by atoms with E-state index in [1.54, 1.807) is 12.4 Å². The SMILES string of the molecule is CC1C=CN=C2N=NC=C21. The van der Waals surface area contributed by atoms with Gasteiger partial charge in [0.15, 0.2) is 5.84 Å². The van der Waals surface area contributed by atoms with Crippen LogP contribution >= 0.6 is 0 Å². The molecule has 0 aromatic heterocycles. The smallest absolute Gasteiger partial charge is 0.179 e. The molecule has 10 heavy (non-hydrogen) atoms. The molecule has 0 N–H and O–H groups in total. The largest absolute Gasteiger partial charge is 0.236 e. The number of hydrogen-bond acceptors (Lipinski definition) is 3. The highest BCUT2D eigenvalue weighted by atomic mass is 15.2. The van der Waals surface area contributed by atoms with Crippen molar-refractivity contribution < 1.29 is 0 Å². The third-order valence-electron chi connectivity index (χ3n) is 1.67. The zero-order chi connectivity index (χ0) is 6.97. The maximum absolute atomic E-state index is 4.05. The topological polar surface area (TPSA) is 37.1 Å². The molecule has 2 heterocycles. The predicted octanol–water partition coefficient (Wildman–Crippen LogP) is 1.90. The monoisotopic (exact) mass is 133 g/mol. The quantitative estimate of drug-likeness (QED) is 0.484. The Bertz CT molecular complexity index is 271. The van der Waals surface area contributed by atoms with Gasteiger partial charge in [-0.1, -0.05) is 13.0 Å². The van der Waals surface area contributed by atoms with Gasteiger partial charge in [0, 0.05) is 17.7 Å². The lowest BCUT2D eigenvalue weighted by Crippen LogP contribution is -2.06. The van der Waals surface area contributed by atoms with Crippen LogP contribution in [-0.2, 0) is 0 Å². The Hall–Kier alpha value is -1.25. The third kappa shape index (κ3) is 0.635. The predicted molar refractivity (Wildman–Crippen MR) is 38.7 cm³/mol. The summed E-state index contributed by atoms with van der Waals surface area (Å²) in [6.07, 6.45) is 5.58. The van der Waals surface area contributed by atoms with Crippen LogP contribution in [0.5, 0.6) is 0 Å². The summed E-state index contributed by atoms with van der Waals surface area (Å²) in [5.74, 6) is 1.19. The van der Waals surface area contributed by atoms with Crippen LogP contribution in [0.25, 0.3) is 0 Å². The molecule has 3 nitrogen and oxygen atoms in total. The van der Waals surface area contributed by atoms with Gasteiger partial charge in [0.25, 0.3) is 0 Å². The summed E-state index contributed by atoms with van der Waals surface area (Å²) >= 11 is 0. The fourth-order valence-electron chi connectivity index (χ4n) is 1.03. The maximum atomic E-state index is 4.05. The van der Waals surface area contributed by atoms with Crippen molar-refractivity contribution in [3.8, 4) is 0 Å². The van der Waals surface area contributed by atoms with Crippen molar-refractivity contribution in [1.82, 2.24) is 0 Å². The first-order chi connectivity index (χ1) is 4.88. The molecule has 0 radical (unpaired) electrons. The van der Waals surface area contributed by atoms with E-state index in [1.165, 1.54) is 0 Å². The van der Waals surface area contributed by atoms with Gasteiger partial charge in [-0.05, 0) is 0 Å². The van der Waals surface area contributed by atoms with E-state index in [0.29, 0.717) is 5.92 Å². The Balaban J connectivity index is 2.45. The van der Waals surface area contributed by atoms with Crippen molar-refractivity contribution >= 4 is 5.84 Å². The second-order valence-corrected chi connectivity index (χ2v) is 2.38. The lowest BCUT2D eigenvalue weighted by atomic mass is 10.0. The van der Waals surface area contributed by atoms with Gasteiger partial charge < -0.3 is 0 Å². The Labute approximate surface area is 58.9 Å². The molecule has 0 spiro atoms. The average Bonchev–Trinajstić information content (AvgIpc) is 2.36. The van der Waals surface area contributed by atoms with Crippen molar-refractivity contribution in [3.05, 3.63) is 24.0 Å². The molecule has 0 aliphatic carbocycles. The second kappa shape index (κ2) is 1.87. The van der Waals surface area contributed by atoms with E-state index in [2.05, 4.69) is 22.1 Å². The van der Waals surface area contributed by atoms with E-state index in [4.69, 9.17) is 0 Å². The fourth-order valence-corrected chi connectivity index (χ4v) is 1.03. The van der Waals surface area contributed by atoms with Gasteiger partial charge in [0.05, 0.1) is 6.20 Å². The second-order valence-electron chi connectivity index (χ2n) is 2.38. The summed E-state index contributed by atoms with van der Waals surface area (Å²) in [7, 11) is 0. The summed E-state index contributed by atoms with van der Waals surface area (Å²) in [5, 5.41) is 7.61. The molecule has 0 saturated carbocycles. The number of rotatable bonds is 0. The molecule has 0 aromatic carbocycles.